The number of piperazine rings is 1. The molecule has 5 rings (SSSR count). The van der Waals surface area contributed by atoms with Crippen LogP contribution in [0, 0.1) is 0 Å². The zero-order chi connectivity index (χ0) is 24.9. The molecule has 1 aromatic heterocycles. The summed E-state index contributed by atoms with van der Waals surface area (Å²) >= 11 is 5.70. The third-order valence-electron chi connectivity index (χ3n) is 6.07. The Bertz CT molecular complexity index is 1340. The topological polar surface area (TPSA) is 72.0 Å². The monoisotopic (exact) mass is 501 g/mol. The second-order valence-corrected chi connectivity index (χ2v) is 8.65. The molecule has 3 aromatic carbocycles. The van der Waals surface area contributed by atoms with Gasteiger partial charge in [0, 0.05) is 43.3 Å². The predicted molar refractivity (Wildman–Crippen MR) is 146 cm³/mol. The molecule has 8 nitrogen and oxygen atoms in total. The molecule has 0 atom stereocenters. The third kappa shape index (κ3) is 5.11. The standard InChI is InChI=1S/C27H27N5O3S/c1-33-24-16-22-23(17-25(24)34-2)28-18-29-26(22)31-12-14-32(15-13-31)27(36)30-19-8-10-21(11-9-19)35-20-6-4-3-5-7-20/h3-11,16-18H,12-15H2,1-2H3,(H,30,36). The highest BCUT2D eigenvalue weighted by Gasteiger charge is 2.22. The number of thiocarbonyl (C=S) groups is 1. The van der Waals surface area contributed by atoms with Gasteiger partial charge >= 0.3 is 0 Å². The van der Waals surface area contributed by atoms with Crippen LogP contribution in [0.1, 0.15) is 0 Å². The van der Waals surface area contributed by atoms with Crippen LogP contribution in [0.2, 0.25) is 0 Å². The molecule has 0 spiro atoms. The van der Waals surface area contributed by atoms with Gasteiger partial charge in [-0.15, -0.1) is 0 Å². The van der Waals surface area contributed by atoms with Crippen LogP contribution in [0.3, 0.4) is 0 Å². The average molecular weight is 502 g/mol. The first-order chi connectivity index (χ1) is 17.6. The molecule has 1 aliphatic rings. The van der Waals surface area contributed by atoms with Crippen molar-refractivity contribution < 1.29 is 14.2 Å². The zero-order valence-electron chi connectivity index (χ0n) is 20.2. The average Bonchev–Trinajstić information content (AvgIpc) is 2.93. The maximum Gasteiger partial charge on any atom is 0.173 e. The summed E-state index contributed by atoms with van der Waals surface area (Å²) in [6, 6.07) is 21.3. The minimum absolute atomic E-state index is 0.649. The Labute approximate surface area is 215 Å². The first-order valence-corrected chi connectivity index (χ1v) is 12.1. The molecular weight excluding hydrogens is 474 g/mol. The fraction of sp³-hybridized carbons (Fsp3) is 0.222. The Morgan fingerprint density at radius 3 is 2.19 bits per heavy atom. The van der Waals surface area contributed by atoms with Crippen LogP contribution >= 0.6 is 12.2 Å². The van der Waals surface area contributed by atoms with Gasteiger partial charge in [0.1, 0.15) is 23.6 Å². The number of fused-ring (bicyclic) bond motifs is 1. The third-order valence-corrected chi connectivity index (χ3v) is 6.43. The van der Waals surface area contributed by atoms with E-state index in [1.54, 1.807) is 20.5 Å². The van der Waals surface area contributed by atoms with Crippen molar-refractivity contribution in [1.29, 1.82) is 0 Å². The minimum atomic E-state index is 0.649. The molecule has 1 aliphatic heterocycles. The van der Waals surface area contributed by atoms with Crippen LogP contribution in [0.25, 0.3) is 10.9 Å². The van der Waals surface area contributed by atoms with Crippen molar-refractivity contribution in [2.45, 2.75) is 0 Å². The van der Waals surface area contributed by atoms with Gasteiger partial charge in [0.05, 0.1) is 19.7 Å². The Kier molecular flexibility index (Phi) is 6.99. The molecule has 9 heteroatoms. The summed E-state index contributed by atoms with van der Waals surface area (Å²) in [5.41, 5.74) is 1.74. The summed E-state index contributed by atoms with van der Waals surface area (Å²) in [5.74, 6) is 3.77. The summed E-state index contributed by atoms with van der Waals surface area (Å²) in [7, 11) is 3.25. The molecular formula is C27H27N5O3S. The van der Waals surface area contributed by atoms with Gasteiger partial charge in [0.15, 0.2) is 16.6 Å². The number of rotatable bonds is 6. The van der Waals surface area contributed by atoms with E-state index in [2.05, 4.69) is 25.1 Å². The normalized spacial score (nSPS) is 13.4. The maximum absolute atomic E-state index is 5.86. The zero-order valence-corrected chi connectivity index (χ0v) is 21.0. The second kappa shape index (κ2) is 10.7. The second-order valence-electron chi connectivity index (χ2n) is 8.27. The quantitative estimate of drug-likeness (QED) is 0.369. The van der Waals surface area contributed by atoms with Gasteiger partial charge in [-0.05, 0) is 54.7 Å². The number of nitrogens with one attached hydrogen (secondary N) is 1. The Morgan fingerprint density at radius 2 is 1.50 bits per heavy atom. The number of hydrogen-bond donors (Lipinski definition) is 1. The number of nitrogens with zero attached hydrogens (tertiary/aromatic N) is 4. The Hall–Kier alpha value is -4.11. The molecule has 0 saturated carbocycles. The first-order valence-electron chi connectivity index (χ1n) is 11.6. The molecule has 0 radical (unpaired) electrons. The number of methoxy groups -OCH3 is 2. The van der Waals surface area contributed by atoms with Gasteiger partial charge in [-0.3, -0.25) is 0 Å². The lowest BCUT2D eigenvalue weighted by Gasteiger charge is -2.37. The van der Waals surface area contributed by atoms with Gasteiger partial charge in [0.2, 0.25) is 0 Å². The van der Waals surface area contributed by atoms with E-state index in [-0.39, 0.29) is 0 Å². The summed E-state index contributed by atoms with van der Waals surface area (Å²) in [6.07, 6.45) is 1.59. The summed E-state index contributed by atoms with van der Waals surface area (Å²) in [4.78, 5) is 13.4. The molecule has 1 N–H and O–H groups in total. The van der Waals surface area contributed by atoms with E-state index in [4.69, 9.17) is 26.4 Å². The van der Waals surface area contributed by atoms with Gasteiger partial charge in [-0.25, -0.2) is 9.97 Å². The van der Waals surface area contributed by atoms with Crippen LogP contribution in [-0.4, -0.2) is 60.4 Å². The van der Waals surface area contributed by atoms with Crippen molar-refractivity contribution in [2.24, 2.45) is 0 Å². The highest BCUT2D eigenvalue weighted by atomic mass is 32.1. The molecule has 36 heavy (non-hydrogen) atoms. The van der Waals surface area contributed by atoms with E-state index in [9.17, 15) is 0 Å². The summed E-state index contributed by atoms with van der Waals surface area (Å²) in [5, 5.41) is 4.97. The van der Waals surface area contributed by atoms with Crippen molar-refractivity contribution in [2.75, 3.05) is 50.6 Å². The first kappa shape index (κ1) is 23.6. The molecule has 184 valence electrons. The Balaban J connectivity index is 1.21. The van der Waals surface area contributed by atoms with Crippen LogP contribution < -0.4 is 24.4 Å². The predicted octanol–water partition coefficient (Wildman–Crippen LogP) is 4.96. The number of anilines is 2. The van der Waals surface area contributed by atoms with E-state index >= 15 is 0 Å². The molecule has 2 heterocycles. The number of para-hydroxylation sites is 1. The van der Waals surface area contributed by atoms with Crippen molar-refractivity contribution in [3.63, 3.8) is 0 Å². The Morgan fingerprint density at radius 1 is 0.833 bits per heavy atom. The smallest absolute Gasteiger partial charge is 0.173 e. The van der Waals surface area contributed by atoms with Crippen LogP contribution in [-0.2, 0) is 0 Å². The fourth-order valence-corrected chi connectivity index (χ4v) is 4.48. The van der Waals surface area contributed by atoms with Crippen LogP contribution in [0.15, 0.2) is 73.1 Å². The van der Waals surface area contributed by atoms with Crippen molar-refractivity contribution >= 4 is 39.7 Å². The lowest BCUT2D eigenvalue weighted by atomic mass is 10.2. The van der Waals surface area contributed by atoms with Crippen molar-refractivity contribution in [3.05, 3.63) is 73.1 Å². The molecule has 0 aliphatic carbocycles. The lowest BCUT2D eigenvalue weighted by molar-refractivity contribution is 0.355. The number of aromatic nitrogens is 2. The number of ether oxygens (including phenoxy) is 3. The minimum Gasteiger partial charge on any atom is -0.493 e. The maximum atomic E-state index is 5.86. The van der Waals surface area contributed by atoms with E-state index in [0.29, 0.717) is 16.6 Å². The van der Waals surface area contributed by atoms with E-state index in [0.717, 1.165) is 60.1 Å². The molecule has 1 saturated heterocycles. The van der Waals surface area contributed by atoms with Gasteiger partial charge in [-0.2, -0.15) is 0 Å². The largest absolute Gasteiger partial charge is 0.493 e. The van der Waals surface area contributed by atoms with E-state index in [1.165, 1.54) is 0 Å². The molecule has 0 amide bonds. The summed E-state index contributed by atoms with van der Waals surface area (Å²) < 4.78 is 16.8. The van der Waals surface area contributed by atoms with Gasteiger partial charge in [0.25, 0.3) is 0 Å². The SMILES string of the molecule is COc1cc2ncnc(N3CCN(C(=S)Nc4ccc(Oc5ccccc5)cc4)CC3)c2cc1OC. The van der Waals surface area contributed by atoms with Gasteiger partial charge in [-0.1, -0.05) is 18.2 Å². The van der Waals surface area contributed by atoms with E-state index < -0.39 is 0 Å². The van der Waals surface area contributed by atoms with Crippen LogP contribution in [0.4, 0.5) is 11.5 Å². The molecule has 1 fully saturated rings. The van der Waals surface area contributed by atoms with E-state index in [1.807, 2.05) is 66.7 Å². The lowest BCUT2D eigenvalue weighted by Crippen LogP contribution is -2.50. The number of hydrogen-bond acceptors (Lipinski definition) is 7. The van der Waals surface area contributed by atoms with Crippen molar-refractivity contribution in [3.8, 4) is 23.0 Å². The fourth-order valence-electron chi connectivity index (χ4n) is 4.18. The van der Waals surface area contributed by atoms with Crippen LogP contribution in [0.5, 0.6) is 23.0 Å². The molecule has 4 aromatic rings. The molecule has 0 bridgehead atoms. The molecule has 0 unspecified atom stereocenters. The highest BCUT2D eigenvalue weighted by Crippen LogP contribution is 2.35. The van der Waals surface area contributed by atoms with Gasteiger partial charge < -0.3 is 29.3 Å². The summed E-state index contributed by atoms with van der Waals surface area (Å²) in [6.45, 7) is 3.12. The van der Waals surface area contributed by atoms with Crippen molar-refractivity contribution in [1.82, 2.24) is 14.9 Å². The highest BCUT2D eigenvalue weighted by molar-refractivity contribution is 7.80. The number of benzene rings is 3.